The number of alkyl halides is 2. The van der Waals surface area contributed by atoms with Crippen molar-refractivity contribution in [2.24, 2.45) is 0 Å². The lowest BCUT2D eigenvalue weighted by molar-refractivity contribution is -0.208. The number of carbonyl (C=O) groups is 1. The Balaban J connectivity index is 1.70. The largest absolute Gasteiger partial charge is 0.482 e. The minimum Gasteiger partial charge on any atom is -0.425 e. The molecule has 7 nitrogen and oxygen atoms in total. The molecule has 2 bridgehead atoms. The summed E-state index contributed by atoms with van der Waals surface area (Å²) in [4.78, 5) is 13.9. The second-order valence-corrected chi connectivity index (χ2v) is 10.4. The smallest absolute Gasteiger partial charge is 0.425 e. The topological polar surface area (TPSA) is 84.9 Å². The van der Waals surface area contributed by atoms with Crippen LogP contribution in [-0.2, 0) is 19.6 Å². The summed E-state index contributed by atoms with van der Waals surface area (Å²) in [6.07, 6.45) is 0.787. The summed E-state index contributed by atoms with van der Waals surface area (Å²) in [6.45, 7) is 0.0833. The third kappa shape index (κ3) is 5.01. The van der Waals surface area contributed by atoms with Crippen molar-refractivity contribution >= 4 is 15.9 Å². The van der Waals surface area contributed by atoms with Crippen molar-refractivity contribution in [3.8, 4) is 5.75 Å². The van der Waals surface area contributed by atoms with E-state index in [0.29, 0.717) is 18.4 Å². The number of amides is 1. The third-order valence-electron chi connectivity index (χ3n) is 6.43. The third-order valence-corrected chi connectivity index (χ3v) is 7.16. The van der Waals surface area contributed by atoms with E-state index in [1.54, 1.807) is 18.2 Å². The van der Waals surface area contributed by atoms with Crippen LogP contribution in [0.1, 0.15) is 50.0 Å². The van der Waals surface area contributed by atoms with Crippen LogP contribution >= 0.6 is 0 Å². The Morgan fingerprint density at radius 2 is 1.84 bits per heavy atom. The Bertz CT molecular complexity index is 918. The van der Waals surface area contributed by atoms with Gasteiger partial charge in [0.15, 0.2) is 0 Å². The molecule has 3 aliphatic heterocycles. The minimum atomic E-state index is -4.08. The van der Waals surface area contributed by atoms with Gasteiger partial charge in [-0.15, -0.1) is 0 Å². The molecule has 1 amide bonds. The second-order valence-electron chi connectivity index (χ2n) is 8.67. The molecule has 1 saturated carbocycles. The van der Waals surface area contributed by atoms with Crippen molar-refractivity contribution in [3.63, 3.8) is 0 Å². The first-order valence-corrected chi connectivity index (χ1v) is 12.6. The predicted octanol–water partition coefficient (Wildman–Crippen LogP) is 2.62. The number of carbonyl (C=O) groups excluding carboxylic acids is 1. The highest BCUT2D eigenvalue weighted by molar-refractivity contribution is 7.88. The van der Waals surface area contributed by atoms with Crippen LogP contribution in [0, 0.1) is 0 Å². The molecule has 1 aromatic rings. The second kappa shape index (κ2) is 8.63. The van der Waals surface area contributed by atoms with Crippen molar-refractivity contribution in [2.45, 2.75) is 68.7 Å². The zero-order valence-electron chi connectivity index (χ0n) is 17.4. The number of hydrogen-bond donors (Lipinski definition) is 1. The van der Waals surface area contributed by atoms with Gasteiger partial charge in [0.1, 0.15) is 5.75 Å². The Morgan fingerprint density at radius 1 is 1.13 bits per heavy atom. The molecule has 172 valence electrons. The Hall–Kier alpha value is -1.78. The van der Waals surface area contributed by atoms with Crippen molar-refractivity contribution in [1.29, 1.82) is 0 Å². The van der Waals surface area contributed by atoms with E-state index < -0.39 is 34.1 Å². The number of benzene rings is 1. The van der Waals surface area contributed by atoms with E-state index in [9.17, 15) is 13.2 Å². The van der Waals surface area contributed by atoms with E-state index in [1.165, 1.54) is 6.07 Å². The standard InChI is InChI=1S/C21H28F2N2O5S/c1-31(27,28)24-17-6-4-12-25-18(17)13-29-15-10-8-14(9-11-15)16-5-2-3-7-19(16)30-21(22,23)20(25)26/h2-3,5,7,14-15,17-18,24H,4,6,8-13H2,1H3/t14?,15?,17-,18-/m0/s1. The molecule has 3 heterocycles. The number of ether oxygens (including phenoxy) is 2. The molecule has 0 aromatic heterocycles. The fourth-order valence-electron chi connectivity index (χ4n) is 4.96. The monoisotopic (exact) mass is 458 g/mol. The van der Waals surface area contributed by atoms with E-state index in [2.05, 4.69) is 4.72 Å². The number of sulfonamides is 1. The van der Waals surface area contributed by atoms with Crippen molar-refractivity contribution in [1.82, 2.24) is 9.62 Å². The summed E-state index contributed by atoms with van der Waals surface area (Å²) in [6, 6.07) is 5.11. The van der Waals surface area contributed by atoms with Gasteiger partial charge in [0, 0.05) is 12.6 Å². The quantitative estimate of drug-likeness (QED) is 0.737. The number of piperidine rings is 1. The SMILES string of the molecule is CS(=O)(=O)N[C@H]1CCCN2C(=O)C(F)(F)Oc3ccccc3C3CCC(CC3)OC[C@@H]12. The average molecular weight is 459 g/mol. The lowest BCUT2D eigenvalue weighted by Gasteiger charge is -2.42. The van der Waals surface area contributed by atoms with E-state index in [-0.39, 0.29) is 30.9 Å². The maximum absolute atomic E-state index is 15.1. The fraction of sp³-hybridized carbons (Fsp3) is 0.667. The zero-order chi connectivity index (χ0) is 22.2. The lowest BCUT2D eigenvalue weighted by atomic mass is 9.82. The van der Waals surface area contributed by atoms with Crippen molar-refractivity contribution in [3.05, 3.63) is 29.8 Å². The summed E-state index contributed by atoms with van der Waals surface area (Å²) in [5.41, 5.74) is 0.680. The van der Waals surface area contributed by atoms with Gasteiger partial charge in [-0.2, -0.15) is 8.78 Å². The summed E-state index contributed by atoms with van der Waals surface area (Å²) in [5, 5.41) is 0. The number of nitrogens with one attached hydrogen (secondary N) is 1. The van der Waals surface area contributed by atoms with E-state index in [0.717, 1.165) is 36.8 Å². The van der Waals surface area contributed by atoms with Crippen LogP contribution < -0.4 is 9.46 Å². The first kappa shape index (κ1) is 22.4. The van der Waals surface area contributed by atoms with Crippen LogP contribution in [0.15, 0.2) is 24.3 Å². The molecule has 0 spiro atoms. The number of nitrogens with zero attached hydrogens (tertiary/aromatic N) is 1. The Kier molecular flexibility index (Phi) is 6.24. The highest BCUT2D eigenvalue weighted by Gasteiger charge is 2.50. The van der Waals surface area contributed by atoms with Gasteiger partial charge in [-0.1, -0.05) is 18.2 Å². The molecule has 0 radical (unpaired) electrons. The van der Waals surface area contributed by atoms with Gasteiger partial charge in [0.25, 0.3) is 0 Å². The van der Waals surface area contributed by atoms with Crippen molar-refractivity contribution < 1.29 is 31.5 Å². The molecule has 1 N–H and O–H groups in total. The molecule has 31 heavy (non-hydrogen) atoms. The van der Waals surface area contributed by atoms with Crippen LogP contribution in [0.3, 0.4) is 0 Å². The van der Waals surface area contributed by atoms with Gasteiger partial charge in [-0.3, -0.25) is 4.79 Å². The number of hydrogen-bond acceptors (Lipinski definition) is 5. The summed E-state index contributed by atoms with van der Waals surface area (Å²) < 4.78 is 67.4. The number of halogens is 2. The maximum Gasteiger partial charge on any atom is 0.482 e. The highest BCUT2D eigenvalue weighted by atomic mass is 32.2. The number of fused-ring (bicyclic) bond motifs is 5. The van der Waals surface area contributed by atoms with Crippen LogP contribution in [0.25, 0.3) is 0 Å². The molecule has 1 saturated heterocycles. The van der Waals surface area contributed by atoms with E-state index in [1.807, 2.05) is 0 Å². The molecule has 0 unspecified atom stereocenters. The van der Waals surface area contributed by atoms with E-state index in [4.69, 9.17) is 9.47 Å². The van der Waals surface area contributed by atoms with Crippen LogP contribution in [-0.4, -0.2) is 62.9 Å². The molecular formula is C21H28F2N2O5S. The normalized spacial score (nSPS) is 31.5. The van der Waals surface area contributed by atoms with Crippen LogP contribution in [0.2, 0.25) is 0 Å². The van der Waals surface area contributed by atoms with Gasteiger partial charge in [0.05, 0.1) is 25.0 Å². The number of para-hydroxylation sites is 1. The van der Waals surface area contributed by atoms with Gasteiger partial charge in [-0.25, -0.2) is 13.1 Å². The first-order valence-electron chi connectivity index (χ1n) is 10.7. The maximum atomic E-state index is 15.1. The van der Waals surface area contributed by atoms with Gasteiger partial charge >= 0.3 is 12.0 Å². The lowest BCUT2D eigenvalue weighted by Crippen LogP contribution is -2.62. The molecule has 2 fully saturated rings. The van der Waals surface area contributed by atoms with Gasteiger partial charge in [-0.05, 0) is 56.1 Å². The molecule has 5 rings (SSSR count). The minimum absolute atomic E-state index is 0.00269. The van der Waals surface area contributed by atoms with Gasteiger partial charge in [0.2, 0.25) is 10.0 Å². The van der Waals surface area contributed by atoms with Crippen LogP contribution in [0.5, 0.6) is 5.75 Å². The first-order chi connectivity index (χ1) is 14.6. The zero-order valence-corrected chi connectivity index (χ0v) is 18.2. The highest BCUT2D eigenvalue weighted by Crippen LogP contribution is 2.40. The van der Waals surface area contributed by atoms with Crippen molar-refractivity contribution in [2.75, 3.05) is 19.4 Å². The molecule has 2 atom stereocenters. The molecule has 4 aliphatic rings. The predicted molar refractivity (Wildman–Crippen MR) is 109 cm³/mol. The molecule has 1 aliphatic carbocycles. The fourth-order valence-corrected chi connectivity index (χ4v) is 5.79. The average Bonchev–Trinajstić information content (AvgIpc) is 2.72. The Morgan fingerprint density at radius 3 is 2.55 bits per heavy atom. The number of rotatable bonds is 2. The molecular weight excluding hydrogens is 430 g/mol. The Labute approximate surface area is 181 Å². The van der Waals surface area contributed by atoms with E-state index >= 15 is 8.78 Å². The summed E-state index contributed by atoms with van der Waals surface area (Å²) in [7, 11) is -3.59. The molecule has 1 aromatic carbocycles. The summed E-state index contributed by atoms with van der Waals surface area (Å²) >= 11 is 0. The summed E-state index contributed by atoms with van der Waals surface area (Å²) in [5.74, 6) is -1.39. The van der Waals surface area contributed by atoms with Crippen LogP contribution in [0.4, 0.5) is 8.78 Å². The van der Waals surface area contributed by atoms with Gasteiger partial charge < -0.3 is 14.4 Å². The molecule has 10 heteroatoms.